The van der Waals surface area contributed by atoms with Gasteiger partial charge in [0, 0.05) is 6.42 Å². The first-order valence-electron chi connectivity index (χ1n) is 16.5. The molecule has 270 valence electrons. The van der Waals surface area contributed by atoms with E-state index in [1.165, 1.54) is 0 Å². The van der Waals surface area contributed by atoms with Crippen LogP contribution in [0, 0.1) is 0 Å². The molecule has 0 aromatic carbocycles. The minimum Gasteiger partial charge on any atom is -0.463 e. The van der Waals surface area contributed by atoms with E-state index in [4.69, 9.17) is 56.5 Å². The molecule has 0 amide bonds. The molecular weight excluding hydrogens is 608 g/mol. The number of unbranched alkanes of at least 4 members (excludes halogenated alkanes) is 2. The number of rotatable bonds is 38. The standard InChI is InChI=1S/C31H64O13Si/c1-5-6-7-8-31(32)43-29-27-41-25-23-39-21-19-37-17-15-35-13-11-33-9-10-34-12-14-36-16-18-38-20-22-40-24-26-42-28-30-44-45(2,3)4/h5-30H2,1-4H3. The Kier molecular flexibility index (Phi) is 35.5. The second-order valence-electron chi connectivity index (χ2n) is 10.8. The zero-order valence-electron chi connectivity index (χ0n) is 28.7. The maximum atomic E-state index is 11.5. The van der Waals surface area contributed by atoms with E-state index in [0.29, 0.717) is 145 Å². The van der Waals surface area contributed by atoms with Gasteiger partial charge in [-0.05, 0) is 26.1 Å². The fourth-order valence-corrected chi connectivity index (χ4v) is 3.99. The molecule has 0 aliphatic heterocycles. The van der Waals surface area contributed by atoms with Gasteiger partial charge in [0.05, 0.1) is 139 Å². The van der Waals surface area contributed by atoms with Crippen molar-refractivity contribution in [2.75, 3.05) is 145 Å². The maximum absolute atomic E-state index is 11.5. The van der Waals surface area contributed by atoms with Crippen LogP contribution in [0.25, 0.3) is 0 Å². The molecular formula is C31H64O13Si. The Morgan fingerprint density at radius 2 is 0.667 bits per heavy atom. The third-order valence-electron chi connectivity index (χ3n) is 5.59. The molecule has 0 saturated heterocycles. The molecule has 0 N–H and O–H groups in total. The van der Waals surface area contributed by atoms with Gasteiger partial charge >= 0.3 is 5.97 Å². The highest BCUT2D eigenvalue weighted by atomic mass is 28.4. The van der Waals surface area contributed by atoms with Crippen molar-refractivity contribution >= 4 is 14.3 Å². The Bertz CT molecular complexity index is 596. The Morgan fingerprint density at radius 3 is 0.933 bits per heavy atom. The molecule has 0 aromatic rings. The Balaban J connectivity index is 3.09. The van der Waals surface area contributed by atoms with Gasteiger partial charge in [0.1, 0.15) is 6.61 Å². The SMILES string of the molecule is CCCCCC(=O)OCCOCCOCCOCCOCCOCCOCCOCCOCCOCCOCCO[Si](C)(C)C. The van der Waals surface area contributed by atoms with Crippen LogP contribution in [0.15, 0.2) is 0 Å². The first kappa shape index (κ1) is 44.2. The van der Waals surface area contributed by atoms with Crippen LogP contribution >= 0.6 is 0 Å². The van der Waals surface area contributed by atoms with Gasteiger partial charge in [0.25, 0.3) is 0 Å². The lowest BCUT2D eigenvalue weighted by Crippen LogP contribution is -2.27. The summed E-state index contributed by atoms with van der Waals surface area (Å²) in [5.74, 6) is -0.158. The van der Waals surface area contributed by atoms with Gasteiger partial charge in [-0.1, -0.05) is 19.8 Å². The molecule has 0 radical (unpaired) electrons. The first-order valence-corrected chi connectivity index (χ1v) is 19.9. The monoisotopic (exact) mass is 672 g/mol. The van der Waals surface area contributed by atoms with Gasteiger partial charge in [-0.3, -0.25) is 4.79 Å². The Labute approximate surface area is 273 Å². The number of carbonyl (C=O) groups excluding carboxylic acids is 1. The van der Waals surface area contributed by atoms with Gasteiger partial charge in [0.15, 0.2) is 8.32 Å². The molecule has 0 atom stereocenters. The van der Waals surface area contributed by atoms with Crippen LogP contribution in [-0.4, -0.2) is 160 Å². The zero-order chi connectivity index (χ0) is 32.9. The third kappa shape index (κ3) is 41.2. The van der Waals surface area contributed by atoms with Crippen LogP contribution in [-0.2, 0) is 61.3 Å². The summed E-state index contributed by atoms with van der Waals surface area (Å²) in [7, 11) is -1.45. The molecule has 13 nitrogen and oxygen atoms in total. The molecule has 14 heteroatoms. The summed E-state index contributed by atoms with van der Waals surface area (Å²) in [6.45, 7) is 19.6. The first-order chi connectivity index (χ1) is 22.0. The second kappa shape index (κ2) is 36.1. The fourth-order valence-electron chi connectivity index (χ4n) is 3.29. The van der Waals surface area contributed by atoms with E-state index in [1.54, 1.807) is 0 Å². The summed E-state index contributed by atoms with van der Waals surface area (Å²) >= 11 is 0. The highest BCUT2D eigenvalue weighted by molar-refractivity contribution is 6.69. The topological polar surface area (TPSA) is 128 Å². The molecule has 0 unspecified atom stereocenters. The molecule has 0 aliphatic carbocycles. The minimum atomic E-state index is -1.45. The summed E-state index contributed by atoms with van der Waals surface area (Å²) in [5.41, 5.74) is 0. The molecule has 0 saturated carbocycles. The van der Waals surface area contributed by atoms with Crippen molar-refractivity contribution in [2.24, 2.45) is 0 Å². The van der Waals surface area contributed by atoms with Crippen molar-refractivity contribution in [1.82, 2.24) is 0 Å². The van der Waals surface area contributed by atoms with E-state index in [1.807, 2.05) is 0 Å². The zero-order valence-corrected chi connectivity index (χ0v) is 29.7. The Hall–Kier alpha value is -0.753. The quantitative estimate of drug-likeness (QED) is 0.0542. The highest BCUT2D eigenvalue weighted by Gasteiger charge is 2.13. The molecule has 0 bridgehead atoms. The van der Waals surface area contributed by atoms with Crippen molar-refractivity contribution in [3.8, 4) is 0 Å². The van der Waals surface area contributed by atoms with Gasteiger partial charge in [-0.25, -0.2) is 0 Å². The van der Waals surface area contributed by atoms with Crippen molar-refractivity contribution in [3.05, 3.63) is 0 Å². The van der Waals surface area contributed by atoms with Crippen LogP contribution in [0.2, 0.25) is 19.6 Å². The predicted molar refractivity (Wildman–Crippen MR) is 173 cm³/mol. The van der Waals surface area contributed by atoms with E-state index in [0.717, 1.165) is 19.3 Å². The molecule has 0 aliphatic rings. The van der Waals surface area contributed by atoms with Crippen LogP contribution < -0.4 is 0 Å². The van der Waals surface area contributed by atoms with Crippen molar-refractivity contribution in [2.45, 2.75) is 52.2 Å². The molecule has 45 heavy (non-hydrogen) atoms. The lowest BCUT2D eigenvalue weighted by Gasteiger charge is -2.16. The van der Waals surface area contributed by atoms with E-state index >= 15 is 0 Å². The largest absolute Gasteiger partial charge is 0.463 e. The van der Waals surface area contributed by atoms with E-state index in [-0.39, 0.29) is 12.6 Å². The minimum absolute atomic E-state index is 0.158. The summed E-state index contributed by atoms with van der Waals surface area (Å²) in [6, 6.07) is 0. The molecule has 0 fully saturated rings. The lowest BCUT2D eigenvalue weighted by molar-refractivity contribution is -0.145. The van der Waals surface area contributed by atoms with Gasteiger partial charge < -0.3 is 56.5 Å². The number of hydrogen-bond donors (Lipinski definition) is 0. The predicted octanol–water partition coefficient (Wildman–Crippen LogP) is 3.13. The average molecular weight is 673 g/mol. The summed E-state index contributed by atoms with van der Waals surface area (Å²) in [4.78, 5) is 11.5. The highest BCUT2D eigenvalue weighted by Crippen LogP contribution is 2.01. The van der Waals surface area contributed by atoms with Crippen molar-refractivity contribution in [3.63, 3.8) is 0 Å². The molecule has 0 rings (SSSR count). The van der Waals surface area contributed by atoms with Crippen molar-refractivity contribution < 1.29 is 61.3 Å². The van der Waals surface area contributed by atoms with Crippen LogP contribution in [0.1, 0.15) is 32.6 Å². The maximum Gasteiger partial charge on any atom is 0.305 e. The summed E-state index contributed by atoms with van der Waals surface area (Å²) in [6.07, 6.45) is 3.50. The van der Waals surface area contributed by atoms with E-state index in [9.17, 15) is 4.79 Å². The number of ether oxygens (including phenoxy) is 11. The van der Waals surface area contributed by atoms with Gasteiger partial charge in [-0.15, -0.1) is 0 Å². The lowest BCUT2D eigenvalue weighted by atomic mass is 10.2. The number of esters is 1. The second-order valence-corrected chi connectivity index (χ2v) is 15.3. The normalized spacial score (nSPS) is 11.8. The van der Waals surface area contributed by atoms with E-state index in [2.05, 4.69) is 26.6 Å². The summed E-state index contributed by atoms with van der Waals surface area (Å²) < 4.78 is 65.4. The van der Waals surface area contributed by atoms with Crippen LogP contribution in [0.5, 0.6) is 0 Å². The van der Waals surface area contributed by atoms with Gasteiger partial charge in [-0.2, -0.15) is 0 Å². The molecule has 0 heterocycles. The third-order valence-corrected chi connectivity index (χ3v) is 6.66. The van der Waals surface area contributed by atoms with Gasteiger partial charge in [0.2, 0.25) is 0 Å². The fraction of sp³-hybridized carbons (Fsp3) is 0.968. The smallest absolute Gasteiger partial charge is 0.305 e. The average Bonchev–Trinajstić information content (AvgIpc) is 3.01. The van der Waals surface area contributed by atoms with Crippen molar-refractivity contribution in [1.29, 1.82) is 0 Å². The summed E-state index contributed by atoms with van der Waals surface area (Å²) in [5, 5.41) is 0. The molecule has 0 spiro atoms. The Morgan fingerprint density at radius 1 is 0.400 bits per heavy atom. The van der Waals surface area contributed by atoms with E-state index < -0.39 is 8.32 Å². The van der Waals surface area contributed by atoms with Crippen LogP contribution in [0.4, 0.5) is 0 Å². The number of hydrogen-bond acceptors (Lipinski definition) is 13. The molecule has 0 aromatic heterocycles. The van der Waals surface area contributed by atoms with Crippen LogP contribution in [0.3, 0.4) is 0 Å². The number of carbonyl (C=O) groups is 1.